The van der Waals surface area contributed by atoms with Crippen molar-refractivity contribution in [2.45, 2.75) is 25.8 Å². The number of halogens is 1. The number of rotatable bonds is 2. The molecular weight excluding hydrogens is 186 g/mol. The van der Waals surface area contributed by atoms with E-state index in [-0.39, 0.29) is 0 Å². The van der Waals surface area contributed by atoms with Crippen LogP contribution >= 0.6 is 11.6 Å². The molecule has 1 aliphatic rings. The van der Waals surface area contributed by atoms with E-state index in [1.165, 1.54) is 12.8 Å². The summed E-state index contributed by atoms with van der Waals surface area (Å²) in [4.78, 5) is 8.14. The van der Waals surface area contributed by atoms with Gasteiger partial charge in [0.2, 0.25) is 5.95 Å². The van der Waals surface area contributed by atoms with Gasteiger partial charge in [-0.25, -0.2) is 9.97 Å². The van der Waals surface area contributed by atoms with Crippen molar-refractivity contribution in [1.82, 2.24) is 9.97 Å². The number of hydrogen-bond donors (Lipinski definition) is 1. The summed E-state index contributed by atoms with van der Waals surface area (Å²) < 4.78 is 0. The van der Waals surface area contributed by atoms with E-state index in [0.29, 0.717) is 17.0 Å². The van der Waals surface area contributed by atoms with Crippen molar-refractivity contribution in [2.24, 2.45) is 5.92 Å². The molecule has 0 aromatic carbocycles. The Bertz CT molecular complexity index is 279. The van der Waals surface area contributed by atoms with E-state index >= 15 is 0 Å². The molecule has 1 heterocycles. The second-order valence-electron chi connectivity index (χ2n) is 3.64. The Morgan fingerprint density at radius 3 is 2.54 bits per heavy atom. The summed E-state index contributed by atoms with van der Waals surface area (Å²) in [5.74, 6) is 1.52. The Balaban J connectivity index is 1.91. The van der Waals surface area contributed by atoms with E-state index in [0.717, 1.165) is 5.92 Å². The molecule has 1 N–H and O–H groups in total. The lowest BCUT2D eigenvalue weighted by Gasteiger charge is -2.33. The van der Waals surface area contributed by atoms with Crippen LogP contribution in [0.2, 0.25) is 5.02 Å². The molecule has 1 fully saturated rings. The summed E-state index contributed by atoms with van der Waals surface area (Å²) in [5.41, 5.74) is 0. The lowest BCUT2D eigenvalue weighted by Crippen LogP contribution is -2.34. The SMILES string of the molecule is CC1CC(Nc2ncc(Cl)cn2)C1. The highest BCUT2D eigenvalue weighted by Crippen LogP contribution is 2.28. The van der Waals surface area contributed by atoms with Gasteiger partial charge in [-0.1, -0.05) is 18.5 Å². The van der Waals surface area contributed by atoms with Crippen molar-refractivity contribution in [3.63, 3.8) is 0 Å². The van der Waals surface area contributed by atoms with Crippen LogP contribution in [0.1, 0.15) is 19.8 Å². The fourth-order valence-corrected chi connectivity index (χ4v) is 1.69. The summed E-state index contributed by atoms with van der Waals surface area (Å²) in [6.07, 6.45) is 5.65. The molecule has 70 valence electrons. The number of nitrogens with one attached hydrogen (secondary N) is 1. The van der Waals surface area contributed by atoms with E-state index < -0.39 is 0 Å². The van der Waals surface area contributed by atoms with Gasteiger partial charge in [-0.3, -0.25) is 0 Å². The zero-order valence-corrected chi connectivity index (χ0v) is 8.25. The van der Waals surface area contributed by atoms with Gasteiger partial charge in [-0.15, -0.1) is 0 Å². The number of aromatic nitrogens is 2. The topological polar surface area (TPSA) is 37.8 Å². The van der Waals surface area contributed by atoms with E-state index in [1.807, 2.05) is 0 Å². The zero-order chi connectivity index (χ0) is 9.26. The second kappa shape index (κ2) is 3.50. The molecule has 1 aliphatic carbocycles. The van der Waals surface area contributed by atoms with Crippen molar-refractivity contribution in [2.75, 3.05) is 5.32 Å². The standard InChI is InChI=1S/C9H12ClN3/c1-6-2-8(3-6)13-9-11-4-7(10)5-12-9/h4-6,8H,2-3H2,1H3,(H,11,12,13). The Kier molecular flexibility index (Phi) is 2.36. The van der Waals surface area contributed by atoms with Crippen LogP contribution in [0.3, 0.4) is 0 Å². The minimum atomic E-state index is 0.552. The van der Waals surface area contributed by atoms with Crippen molar-refractivity contribution < 1.29 is 0 Å². The lowest BCUT2D eigenvalue weighted by atomic mass is 9.82. The molecular formula is C9H12ClN3. The van der Waals surface area contributed by atoms with E-state index in [4.69, 9.17) is 11.6 Å². The van der Waals surface area contributed by atoms with Gasteiger partial charge in [-0.05, 0) is 18.8 Å². The summed E-state index contributed by atoms with van der Waals surface area (Å²) in [5, 5.41) is 3.83. The third-order valence-corrected chi connectivity index (χ3v) is 2.52. The summed E-state index contributed by atoms with van der Waals surface area (Å²) in [6.45, 7) is 2.25. The molecule has 0 aliphatic heterocycles. The molecule has 1 aromatic rings. The van der Waals surface area contributed by atoms with Crippen molar-refractivity contribution >= 4 is 17.5 Å². The van der Waals surface area contributed by atoms with Crippen molar-refractivity contribution in [3.8, 4) is 0 Å². The Morgan fingerprint density at radius 2 is 2.00 bits per heavy atom. The van der Waals surface area contributed by atoms with Gasteiger partial charge in [0, 0.05) is 6.04 Å². The molecule has 0 unspecified atom stereocenters. The molecule has 0 radical (unpaired) electrons. The average molecular weight is 198 g/mol. The average Bonchev–Trinajstić information content (AvgIpc) is 2.06. The molecule has 0 bridgehead atoms. The monoisotopic (exact) mass is 197 g/mol. The fraction of sp³-hybridized carbons (Fsp3) is 0.556. The normalized spacial score (nSPS) is 26.6. The molecule has 0 amide bonds. The van der Waals surface area contributed by atoms with Gasteiger partial charge < -0.3 is 5.32 Å². The van der Waals surface area contributed by atoms with Gasteiger partial charge in [0.15, 0.2) is 0 Å². The largest absolute Gasteiger partial charge is 0.351 e. The molecule has 1 aromatic heterocycles. The van der Waals surface area contributed by atoms with Gasteiger partial charge in [0.1, 0.15) is 0 Å². The minimum absolute atomic E-state index is 0.552. The third-order valence-electron chi connectivity index (χ3n) is 2.33. The zero-order valence-electron chi connectivity index (χ0n) is 7.50. The smallest absolute Gasteiger partial charge is 0.222 e. The van der Waals surface area contributed by atoms with Crippen LogP contribution in [-0.4, -0.2) is 16.0 Å². The Labute approximate surface area is 82.5 Å². The second-order valence-corrected chi connectivity index (χ2v) is 4.08. The first-order valence-electron chi connectivity index (χ1n) is 4.48. The first-order chi connectivity index (χ1) is 6.24. The summed E-state index contributed by atoms with van der Waals surface area (Å²) in [7, 11) is 0. The maximum atomic E-state index is 5.67. The molecule has 0 saturated heterocycles. The molecule has 0 atom stereocenters. The predicted molar refractivity (Wildman–Crippen MR) is 52.9 cm³/mol. The van der Waals surface area contributed by atoms with Crippen LogP contribution in [0.5, 0.6) is 0 Å². The maximum Gasteiger partial charge on any atom is 0.222 e. The first-order valence-corrected chi connectivity index (χ1v) is 4.86. The quantitative estimate of drug-likeness (QED) is 0.791. The molecule has 3 nitrogen and oxygen atoms in total. The minimum Gasteiger partial charge on any atom is -0.351 e. The van der Waals surface area contributed by atoms with Gasteiger partial charge in [0.05, 0.1) is 17.4 Å². The van der Waals surface area contributed by atoms with Crippen LogP contribution < -0.4 is 5.32 Å². The molecule has 2 rings (SSSR count). The van der Waals surface area contributed by atoms with Crippen LogP contribution in [0.25, 0.3) is 0 Å². The molecule has 13 heavy (non-hydrogen) atoms. The highest BCUT2D eigenvalue weighted by Gasteiger charge is 2.25. The van der Waals surface area contributed by atoms with E-state index in [1.54, 1.807) is 12.4 Å². The van der Waals surface area contributed by atoms with E-state index in [9.17, 15) is 0 Å². The number of hydrogen-bond acceptors (Lipinski definition) is 3. The number of nitrogens with zero attached hydrogens (tertiary/aromatic N) is 2. The van der Waals surface area contributed by atoms with Crippen LogP contribution in [0.4, 0.5) is 5.95 Å². The van der Waals surface area contributed by atoms with Gasteiger partial charge in [0.25, 0.3) is 0 Å². The van der Waals surface area contributed by atoms with Crippen LogP contribution in [0.15, 0.2) is 12.4 Å². The van der Waals surface area contributed by atoms with Gasteiger partial charge in [-0.2, -0.15) is 0 Å². The molecule has 4 heteroatoms. The Morgan fingerprint density at radius 1 is 1.38 bits per heavy atom. The van der Waals surface area contributed by atoms with Gasteiger partial charge >= 0.3 is 0 Å². The maximum absolute atomic E-state index is 5.67. The summed E-state index contributed by atoms with van der Waals surface area (Å²) in [6, 6.07) is 0.552. The summed E-state index contributed by atoms with van der Waals surface area (Å²) >= 11 is 5.67. The predicted octanol–water partition coefficient (Wildman–Crippen LogP) is 2.34. The van der Waals surface area contributed by atoms with Crippen molar-refractivity contribution in [3.05, 3.63) is 17.4 Å². The molecule has 1 saturated carbocycles. The third kappa shape index (κ3) is 2.10. The fourth-order valence-electron chi connectivity index (χ4n) is 1.59. The first kappa shape index (κ1) is 8.75. The molecule has 0 spiro atoms. The lowest BCUT2D eigenvalue weighted by molar-refractivity contribution is 0.308. The van der Waals surface area contributed by atoms with Crippen LogP contribution in [-0.2, 0) is 0 Å². The number of anilines is 1. The highest BCUT2D eigenvalue weighted by atomic mass is 35.5. The van der Waals surface area contributed by atoms with Crippen molar-refractivity contribution in [1.29, 1.82) is 0 Å². The highest BCUT2D eigenvalue weighted by molar-refractivity contribution is 6.30. The Hall–Kier alpha value is -0.830. The van der Waals surface area contributed by atoms with E-state index in [2.05, 4.69) is 22.2 Å². The van der Waals surface area contributed by atoms with Crippen LogP contribution in [0, 0.1) is 5.92 Å².